The number of carbonyl (C=O) groups excluding carboxylic acids is 1. The molecule has 4 nitrogen and oxygen atoms in total. The van der Waals surface area contributed by atoms with Gasteiger partial charge in [0.25, 0.3) is 10.1 Å². The lowest BCUT2D eigenvalue weighted by Gasteiger charge is -2.03. The fourth-order valence-electron chi connectivity index (χ4n) is 1.05. The molecule has 6 heteroatoms. The van der Waals surface area contributed by atoms with Gasteiger partial charge >= 0.3 is 0 Å². The largest absolute Gasteiger partial charge is 0.294 e. The fourth-order valence-corrected chi connectivity index (χ4v) is 1.92. The minimum absolute atomic E-state index is 0.190. The van der Waals surface area contributed by atoms with Crippen LogP contribution in [0.2, 0.25) is 0 Å². The lowest BCUT2D eigenvalue weighted by atomic mass is 10.2. The Morgan fingerprint density at radius 3 is 2.43 bits per heavy atom. The van der Waals surface area contributed by atoms with E-state index in [4.69, 9.17) is 16.2 Å². The average Bonchev–Trinajstić information content (AvgIpc) is 2.01. The molecular formula is C8H7ClO4S. The van der Waals surface area contributed by atoms with Crippen LogP contribution in [0.3, 0.4) is 0 Å². The molecule has 0 fully saturated rings. The SMILES string of the molecule is O=C(Cl)Cc1ccccc1S(=O)(=O)O. The molecule has 14 heavy (non-hydrogen) atoms. The van der Waals surface area contributed by atoms with E-state index in [0.29, 0.717) is 0 Å². The van der Waals surface area contributed by atoms with Gasteiger partial charge in [-0.2, -0.15) is 8.42 Å². The molecule has 0 radical (unpaired) electrons. The molecule has 1 aromatic carbocycles. The first kappa shape index (κ1) is 11.2. The topological polar surface area (TPSA) is 71.4 Å². The zero-order chi connectivity index (χ0) is 10.8. The molecule has 1 N–H and O–H groups in total. The maximum Gasteiger partial charge on any atom is 0.294 e. The van der Waals surface area contributed by atoms with E-state index in [0.717, 1.165) is 0 Å². The monoisotopic (exact) mass is 234 g/mol. The smallest absolute Gasteiger partial charge is 0.282 e. The minimum atomic E-state index is -4.29. The van der Waals surface area contributed by atoms with Crippen molar-refractivity contribution in [3.8, 4) is 0 Å². The van der Waals surface area contributed by atoms with Gasteiger partial charge in [-0.25, -0.2) is 0 Å². The summed E-state index contributed by atoms with van der Waals surface area (Å²) in [7, 11) is -4.29. The molecule has 0 atom stereocenters. The highest BCUT2D eigenvalue weighted by atomic mass is 35.5. The Hall–Kier alpha value is -0.910. The highest BCUT2D eigenvalue weighted by Gasteiger charge is 2.15. The van der Waals surface area contributed by atoms with Crippen LogP contribution in [0.1, 0.15) is 5.56 Å². The number of halogens is 1. The van der Waals surface area contributed by atoms with Crippen molar-refractivity contribution in [1.29, 1.82) is 0 Å². The molecule has 0 saturated heterocycles. The van der Waals surface area contributed by atoms with Crippen molar-refractivity contribution in [1.82, 2.24) is 0 Å². The van der Waals surface area contributed by atoms with E-state index in [1.54, 1.807) is 6.07 Å². The van der Waals surface area contributed by atoms with Gasteiger partial charge in [-0.05, 0) is 23.2 Å². The zero-order valence-corrected chi connectivity index (χ0v) is 8.55. The van der Waals surface area contributed by atoms with Crippen LogP contribution in [0.25, 0.3) is 0 Å². The van der Waals surface area contributed by atoms with Crippen LogP contribution >= 0.6 is 11.6 Å². The zero-order valence-electron chi connectivity index (χ0n) is 6.97. The molecule has 0 spiro atoms. The molecule has 0 aromatic heterocycles. The van der Waals surface area contributed by atoms with E-state index < -0.39 is 15.4 Å². The average molecular weight is 235 g/mol. The summed E-state index contributed by atoms with van der Waals surface area (Å²) < 4.78 is 30.5. The highest BCUT2D eigenvalue weighted by molar-refractivity contribution is 7.85. The molecule has 0 saturated carbocycles. The van der Waals surface area contributed by atoms with Crippen molar-refractivity contribution >= 4 is 27.0 Å². The van der Waals surface area contributed by atoms with Gasteiger partial charge in [-0.1, -0.05) is 18.2 Å². The van der Waals surface area contributed by atoms with Gasteiger partial charge in [0.05, 0.1) is 4.90 Å². The third-order valence-corrected chi connectivity index (χ3v) is 2.67. The quantitative estimate of drug-likeness (QED) is 0.631. The first-order valence-electron chi connectivity index (χ1n) is 3.65. The third kappa shape index (κ3) is 2.80. The fraction of sp³-hybridized carbons (Fsp3) is 0.125. The maximum atomic E-state index is 10.8. The summed E-state index contributed by atoms with van der Waals surface area (Å²) in [5, 5.41) is -0.680. The van der Waals surface area contributed by atoms with Crippen LogP contribution in [0.4, 0.5) is 0 Å². The number of carbonyl (C=O) groups is 1. The second-order valence-corrected chi connectivity index (χ2v) is 4.43. The van der Waals surface area contributed by atoms with Gasteiger partial charge in [-0.3, -0.25) is 9.35 Å². The Balaban J connectivity index is 3.23. The van der Waals surface area contributed by atoms with Crippen LogP contribution in [0.15, 0.2) is 29.2 Å². The predicted molar refractivity (Wildman–Crippen MR) is 50.8 cm³/mol. The van der Waals surface area contributed by atoms with E-state index in [9.17, 15) is 13.2 Å². The summed E-state index contributed by atoms with van der Waals surface area (Å²) in [5.41, 5.74) is 0.190. The summed E-state index contributed by atoms with van der Waals surface area (Å²) >= 11 is 5.12. The molecule has 0 heterocycles. The van der Waals surface area contributed by atoms with Gasteiger partial charge in [0.1, 0.15) is 0 Å². The molecule has 0 amide bonds. The molecule has 76 valence electrons. The van der Waals surface area contributed by atoms with Crippen molar-refractivity contribution in [2.75, 3.05) is 0 Å². The highest BCUT2D eigenvalue weighted by Crippen LogP contribution is 2.16. The van der Waals surface area contributed by atoms with Crippen molar-refractivity contribution in [3.63, 3.8) is 0 Å². The first-order valence-corrected chi connectivity index (χ1v) is 5.47. The van der Waals surface area contributed by atoms with Gasteiger partial charge < -0.3 is 0 Å². The summed E-state index contributed by atoms with van der Waals surface area (Å²) in [5.74, 6) is 0. The Kier molecular flexibility index (Phi) is 3.25. The molecule has 0 aliphatic rings. The second kappa shape index (κ2) is 4.08. The van der Waals surface area contributed by atoms with Crippen LogP contribution < -0.4 is 0 Å². The number of rotatable bonds is 3. The summed E-state index contributed by atoms with van der Waals surface area (Å²) in [6.45, 7) is 0. The van der Waals surface area contributed by atoms with E-state index >= 15 is 0 Å². The first-order chi connectivity index (χ1) is 6.41. The van der Waals surface area contributed by atoms with Gasteiger partial charge in [0.15, 0.2) is 0 Å². The van der Waals surface area contributed by atoms with E-state index in [1.807, 2.05) is 0 Å². The predicted octanol–water partition coefficient (Wildman–Crippen LogP) is 1.24. The molecular weight excluding hydrogens is 228 g/mol. The molecule has 0 unspecified atom stereocenters. The Bertz CT molecular complexity index is 452. The lowest BCUT2D eigenvalue weighted by molar-refractivity contribution is -0.111. The molecule has 0 bridgehead atoms. The third-order valence-electron chi connectivity index (χ3n) is 1.58. The number of hydrogen-bond acceptors (Lipinski definition) is 3. The van der Waals surface area contributed by atoms with E-state index in [2.05, 4.69) is 0 Å². The molecule has 1 rings (SSSR count). The molecule has 1 aromatic rings. The van der Waals surface area contributed by atoms with Gasteiger partial charge in [0.2, 0.25) is 5.24 Å². The van der Waals surface area contributed by atoms with Crippen molar-refractivity contribution in [2.45, 2.75) is 11.3 Å². The van der Waals surface area contributed by atoms with Gasteiger partial charge in [-0.15, -0.1) is 0 Å². The van der Waals surface area contributed by atoms with Crippen molar-refractivity contribution in [2.24, 2.45) is 0 Å². The summed E-state index contributed by atoms with van der Waals surface area (Å²) in [6.07, 6.45) is -0.225. The van der Waals surface area contributed by atoms with Gasteiger partial charge in [0, 0.05) is 6.42 Å². The van der Waals surface area contributed by atoms with E-state index in [-0.39, 0.29) is 16.9 Å². The van der Waals surface area contributed by atoms with E-state index in [1.165, 1.54) is 18.2 Å². The Labute approximate surface area is 86.3 Å². The maximum absolute atomic E-state index is 10.8. The molecule has 0 aliphatic heterocycles. The second-order valence-electron chi connectivity index (χ2n) is 2.61. The van der Waals surface area contributed by atoms with Crippen LogP contribution in [-0.4, -0.2) is 18.2 Å². The Morgan fingerprint density at radius 2 is 1.93 bits per heavy atom. The Morgan fingerprint density at radius 1 is 1.36 bits per heavy atom. The standard InChI is InChI=1S/C8H7ClO4S/c9-8(10)5-6-3-1-2-4-7(6)14(11,12)13/h1-4H,5H2,(H,11,12,13). The summed E-state index contributed by atoms with van der Waals surface area (Å²) in [4.78, 5) is 10.3. The van der Waals surface area contributed by atoms with Crippen LogP contribution in [0.5, 0.6) is 0 Å². The molecule has 0 aliphatic carbocycles. The number of hydrogen-bond donors (Lipinski definition) is 1. The van der Waals surface area contributed by atoms with Crippen LogP contribution in [0, 0.1) is 0 Å². The number of benzene rings is 1. The normalized spacial score (nSPS) is 11.3. The van der Waals surface area contributed by atoms with Crippen LogP contribution in [-0.2, 0) is 21.3 Å². The summed E-state index contributed by atoms with van der Waals surface area (Å²) in [6, 6.07) is 5.64. The van der Waals surface area contributed by atoms with Crippen molar-refractivity contribution < 1.29 is 17.8 Å². The van der Waals surface area contributed by atoms with Crippen molar-refractivity contribution in [3.05, 3.63) is 29.8 Å². The lowest BCUT2D eigenvalue weighted by Crippen LogP contribution is -2.05. The minimum Gasteiger partial charge on any atom is -0.282 e.